The highest BCUT2D eigenvalue weighted by Gasteiger charge is 2.25. The van der Waals surface area contributed by atoms with E-state index >= 15 is 0 Å². The van der Waals surface area contributed by atoms with E-state index in [0.717, 1.165) is 64.2 Å². The van der Waals surface area contributed by atoms with Gasteiger partial charge in [0.1, 0.15) is 12.6 Å². The lowest BCUT2D eigenvalue weighted by Crippen LogP contribution is -2.55. The third-order valence-corrected chi connectivity index (χ3v) is 10.2. The second-order valence-electron chi connectivity index (χ2n) is 16.6. The van der Waals surface area contributed by atoms with Gasteiger partial charge < -0.3 is 28.6 Å². The fourth-order valence-corrected chi connectivity index (χ4v) is 6.62. The molecule has 0 radical (unpaired) electrons. The number of ether oxygens (including phenoxy) is 3. The molecular formula is C48H87NO7. The van der Waals surface area contributed by atoms with Crippen LogP contribution in [0.3, 0.4) is 0 Å². The summed E-state index contributed by atoms with van der Waals surface area (Å²) in [5, 5.41) is 11.6. The Kier molecular flexibility index (Phi) is 37.7. The van der Waals surface area contributed by atoms with Gasteiger partial charge in [-0.15, -0.1) is 0 Å². The average molecular weight is 790 g/mol. The Morgan fingerprint density at radius 2 is 0.946 bits per heavy atom. The summed E-state index contributed by atoms with van der Waals surface area (Å²) in [6.45, 7) is 4.63. The van der Waals surface area contributed by atoms with Gasteiger partial charge in [-0.05, 0) is 70.6 Å². The molecule has 0 aromatic carbocycles. The summed E-state index contributed by atoms with van der Waals surface area (Å²) in [5.74, 6) is -1.75. The molecule has 0 aliphatic carbocycles. The third kappa shape index (κ3) is 37.1. The maximum Gasteiger partial charge on any atom is 0.306 e. The number of hydrogen-bond acceptors (Lipinski definition) is 7. The van der Waals surface area contributed by atoms with Gasteiger partial charge in [-0.1, -0.05) is 147 Å². The number of carboxylic acid groups (broad SMARTS) is 1. The second kappa shape index (κ2) is 39.4. The highest BCUT2D eigenvalue weighted by molar-refractivity contribution is 5.70. The Hall–Kier alpha value is -2.45. The Morgan fingerprint density at radius 1 is 0.536 bits per heavy atom. The van der Waals surface area contributed by atoms with Crippen molar-refractivity contribution in [2.24, 2.45) is 0 Å². The first kappa shape index (κ1) is 53.6. The molecule has 0 bridgehead atoms. The molecule has 0 aliphatic heterocycles. The fourth-order valence-electron chi connectivity index (χ4n) is 6.62. The molecule has 2 atom stereocenters. The van der Waals surface area contributed by atoms with Crippen LogP contribution in [0.2, 0.25) is 0 Å². The van der Waals surface area contributed by atoms with Crippen molar-refractivity contribution in [3.05, 3.63) is 36.5 Å². The van der Waals surface area contributed by atoms with Gasteiger partial charge in [0.15, 0.2) is 6.10 Å². The minimum Gasteiger partial charge on any atom is -0.544 e. The molecule has 326 valence electrons. The number of carbonyl (C=O) groups is 3. The van der Waals surface area contributed by atoms with Gasteiger partial charge in [-0.25, -0.2) is 0 Å². The van der Waals surface area contributed by atoms with Gasteiger partial charge in [0, 0.05) is 19.3 Å². The standard InChI is InChI=1S/C48H87NO7/c1-6-8-10-12-14-16-18-20-22-23-24-25-27-29-31-33-35-37-39-47(51)56-44(42-54-41-40-45(48(52)53)49(3,4)5)43-55-46(50)38-36-34-32-30-28-26-21-19-17-15-13-11-9-7-2/h16,18-19,21-23,44-45H,6-15,17,20,24-43H2,1-5H3/b18-16-,21-19-,23-22-. The van der Waals surface area contributed by atoms with E-state index in [2.05, 4.69) is 50.3 Å². The van der Waals surface area contributed by atoms with Crippen LogP contribution in [0.15, 0.2) is 36.5 Å². The Labute approximate surface area is 344 Å². The lowest BCUT2D eigenvalue weighted by molar-refractivity contribution is -0.889. The topological polar surface area (TPSA) is 102 Å². The van der Waals surface area contributed by atoms with E-state index < -0.39 is 18.1 Å². The molecule has 0 N–H and O–H groups in total. The Bertz CT molecular complexity index is 1020. The third-order valence-electron chi connectivity index (χ3n) is 10.2. The number of nitrogens with zero attached hydrogens (tertiary/aromatic N) is 1. The molecule has 0 amide bonds. The summed E-state index contributed by atoms with van der Waals surface area (Å²) >= 11 is 0. The first-order valence-electron chi connectivity index (χ1n) is 23.0. The molecule has 0 spiro atoms. The van der Waals surface area contributed by atoms with Crippen molar-refractivity contribution in [1.29, 1.82) is 0 Å². The molecular weight excluding hydrogens is 703 g/mol. The number of rotatable bonds is 41. The fraction of sp³-hybridized carbons (Fsp3) is 0.812. The Balaban J connectivity index is 4.34. The second-order valence-corrected chi connectivity index (χ2v) is 16.6. The SMILES string of the molecule is CCCCCC/C=C\C/C=C\CCCCCCCCCC(=O)OC(COCCC(C(=O)[O-])[N+](C)(C)C)COC(=O)CCCCCCC/C=C\CCCCCCC. The smallest absolute Gasteiger partial charge is 0.306 e. The average Bonchev–Trinajstić information content (AvgIpc) is 3.15. The van der Waals surface area contributed by atoms with E-state index in [9.17, 15) is 19.5 Å². The molecule has 0 saturated heterocycles. The van der Waals surface area contributed by atoms with Crippen molar-refractivity contribution in [3.8, 4) is 0 Å². The molecule has 56 heavy (non-hydrogen) atoms. The van der Waals surface area contributed by atoms with Gasteiger partial charge in [-0.3, -0.25) is 9.59 Å². The number of carboxylic acids is 1. The summed E-state index contributed by atoms with van der Waals surface area (Å²) in [6, 6.07) is -0.727. The number of aliphatic carboxylic acids is 1. The molecule has 0 aromatic heterocycles. The van der Waals surface area contributed by atoms with Crippen LogP contribution in [0.1, 0.15) is 200 Å². The zero-order chi connectivity index (χ0) is 41.4. The zero-order valence-electron chi connectivity index (χ0n) is 37.1. The Morgan fingerprint density at radius 3 is 1.41 bits per heavy atom. The molecule has 0 heterocycles. The van der Waals surface area contributed by atoms with Gasteiger partial charge in [0.05, 0.1) is 40.3 Å². The van der Waals surface area contributed by atoms with Gasteiger partial charge in [-0.2, -0.15) is 0 Å². The monoisotopic (exact) mass is 790 g/mol. The molecule has 0 rings (SSSR count). The molecule has 0 aromatic rings. The predicted octanol–water partition coefficient (Wildman–Crippen LogP) is 11.3. The summed E-state index contributed by atoms with van der Waals surface area (Å²) in [7, 11) is 5.40. The highest BCUT2D eigenvalue weighted by Crippen LogP contribution is 2.14. The molecule has 0 saturated carbocycles. The zero-order valence-corrected chi connectivity index (χ0v) is 37.1. The summed E-state index contributed by atoms with van der Waals surface area (Å²) in [5.41, 5.74) is 0. The predicted molar refractivity (Wildman–Crippen MR) is 231 cm³/mol. The van der Waals surface area contributed by atoms with Crippen LogP contribution in [0.4, 0.5) is 0 Å². The molecule has 8 nitrogen and oxygen atoms in total. The van der Waals surface area contributed by atoms with Gasteiger partial charge in [0.25, 0.3) is 0 Å². The molecule has 0 aliphatic rings. The van der Waals surface area contributed by atoms with Crippen molar-refractivity contribution in [1.82, 2.24) is 0 Å². The van der Waals surface area contributed by atoms with Crippen molar-refractivity contribution >= 4 is 17.9 Å². The van der Waals surface area contributed by atoms with Gasteiger partial charge in [0.2, 0.25) is 0 Å². The van der Waals surface area contributed by atoms with E-state index in [1.54, 1.807) is 21.1 Å². The van der Waals surface area contributed by atoms with Crippen LogP contribution in [0.25, 0.3) is 0 Å². The van der Waals surface area contributed by atoms with E-state index in [1.807, 2.05) is 0 Å². The van der Waals surface area contributed by atoms with E-state index in [-0.39, 0.29) is 42.7 Å². The normalized spacial score (nSPS) is 13.2. The summed E-state index contributed by atoms with van der Waals surface area (Å²) < 4.78 is 17.2. The summed E-state index contributed by atoms with van der Waals surface area (Å²) in [4.78, 5) is 36.9. The molecule has 8 heteroatoms. The van der Waals surface area contributed by atoms with Crippen LogP contribution < -0.4 is 5.11 Å². The lowest BCUT2D eigenvalue weighted by Gasteiger charge is -2.34. The number of quaternary nitrogens is 1. The maximum atomic E-state index is 12.7. The van der Waals surface area contributed by atoms with E-state index in [0.29, 0.717) is 12.8 Å². The minimum absolute atomic E-state index is 0.0360. The van der Waals surface area contributed by atoms with Crippen LogP contribution >= 0.6 is 0 Å². The largest absolute Gasteiger partial charge is 0.544 e. The molecule has 0 fully saturated rings. The number of esters is 2. The number of likely N-dealkylation sites (N-methyl/N-ethyl adjacent to an activating group) is 1. The number of allylic oxidation sites excluding steroid dienone is 6. The highest BCUT2D eigenvalue weighted by atomic mass is 16.6. The van der Waals surface area contributed by atoms with Crippen LogP contribution in [0.5, 0.6) is 0 Å². The van der Waals surface area contributed by atoms with E-state index in [4.69, 9.17) is 14.2 Å². The lowest BCUT2D eigenvalue weighted by atomic mass is 10.1. The first-order chi connectivity index (χ1) is 27.1. The van der Waals surface area contributed by atoms with Crippen molar-refractivity contribution in [3.63, 3.8) is 0 Å². The van der Waals surface area contributed by atoms with E-state index in [1.165, 1.54) is 103 Å². The van der Waals surface area contributed by atoms with Crippen LogP contribution in [-0.4, -0.2) is 75.5 Å². The molecule has 2 unspecified atom stereocenters. The van der Waals surface area contributed by atoms with Crippen LogP contribution in [0, 0.1) is 0 Å². The minimum atomic E-state index is -1.13. The summed E-state index contributed by atoms with van der Waals surface area (Å²) in [6.07, 6.45) is 44.4. The first-order valence-corrected chi connectivity index (χ1v) is 23.0. The van der Waals surface area contributed by atoms with Gasteiger partial charge >= 0.3 is 11.9 Å². The van der Waals surface area contributed by atoms with Crippen molar-refractivity contribution < 1.29 is 38.2 Å². The maximum absolute atomic E-state index is 12.7. The van der Waals surface area contributed by atoms with Crippen molar-refractivity contribution in [2.75, 3.05) is 41.0 Å². The number of hydrogen-bond donors (Lipinski definition) is 0. The number of unbranched alkanes of at least 4 members (excludes halogenated alkanes) is 21. The van der Waals surface area contributed by atoms with Crippen molar-refractivity contribution in [2.45, 2.75) is 212 Å². The van der Waals surface area contributed by atoms with Crippen LogP contribution in [-0.2, 0) is 28.6 Å². The number of carbonyl (C=O) groups excluding carboxylic acids is 3. The quantitative estimate of drug-likeness (QED) is 0.0263.